The zero-order valence-corrected chi connectivity index (χ0v) is 15.9. The van der Waals surface area contributed by atoms with Crippen molar-refractivity contribution in [2.75, 3.05) is 17.8 Å². The Morgan fingerprint density at radius 2 is 2.07 bits per heavy atom. The van der Waals surface area contributed by atoms with E-state index in [2.05, 4.69) is 11.1 Å². The lowest BCUT2D eigenvalue weighted by molar-refractivity contribution is -0.0999. The van der Waals surface area contributed by atoms with Gasteiger partial charge in [0, 0.05) is 29.1 Å². The zero-order chi connectivity index (χ0) is 19.4. The van der Waals surface area contributed by atoms with Gasteiger partial charge in [-0.25, -0.2) is 15.8 Å². The molecule has 0 atom stereocenters. The highest BCUT2D eigenvalue weighted by Crippen LogP contribution is 2.55. The van der Waals surface area contributed by atoms with Crippen molar-refractivity contribution in [1.82, 2.24) is 9.97 Å². The third-order valence-corrected chi connectivity index (χ3v) is 6.24. The molecule has 0 spiro atoms. The van der Waals surface area contributed by atoms with Gasteiger partial charge in [-0.15, -0.1) is 11.3 Å². The molecule has 8 heteroatoms. The van der Waals surface area contributed by atoms with Crippen LogP contribution in [0.5, 0.6) is 0 Å². The van der Waals surface area contributed by atoms with Gasteiger partial charge in [-0.05, 0) is 44.0 Å². The fourth-order valence-corrected chi connectivity index (χ4v) is 4.83. The van der Waals surface area contributed by atoms with Crippen molar-refractivity contribution < 1.29 is 5.11 Å². The quantitative estimate of drug-likeness (QED) is 0.471. The summed E-state index contributed by atoms with van der Waals surface area (Å²) >= 11 is 1.46. The molecule has 0 unspecified atom stereocenters. The molecule has 3 heterocycles. The minimum Gasteiger partial charge on any atom is -0.396 e. The summed E-state index contributed by atoms with van der Waals surface area (Å²) in [5, 5.41) is 22.4. The van der Waals surface area contributed by atoms with Crippen LogP contribution in [0.15, 0.2) is 30.5 Å². The zero-order valence-electron chi connectivity index (χ0n) is 15.1. The van der Waals surface area contributed by atoms with Crippen LogP contribution in [0.3, 0.4) is 0 Å². The third kappa shape index (κ3) is 2.90. The highest BCUT2D eigenvalue weighted by atomic mass is 32.1. The van der Waals surface area contributed by atoms with Gasteiger partial charge in [-0.1, -0.05) is 0 Å². The summed E-state index contributed by atoms with van der Waals surface area (Å²) in [4.78, 5) is 10.7. The van der Waals surface area contributed by atoms with Gasteiger partial charge in [-0.3, -0.25) is 5.01 Å². The molecular formula is C19H20N6OS. The van der Waals surface area contributed by atoms with E-state index in [9.17, 15) is 10.4 Å². The summed E-state index contributed by atoms with van der Waals surface area (Å²) in [6.07, 6.45) is 2.59. The van der Waals surface area contributed by atoms with Crippen LogP contribution >= 0.6 is 11.3 Å². The van der Waals surface area contributed by atoms with Crippen LogP contribution in [-0.2, 0) is 5.60 Å². The van der Waals surface area contributed by atoms with Crippen molar-refractivity contribution in [2.24, 2.45) is 11.3 Å². The van der Waals surface area contributed by atoms with E-state index >= 15 is 0 Å². The monoisotopic (exact) mass is 380 g/mol. The van der Waals surface area contributed by atoms with Gasteiger partial charge in [0.25, 0.3) is 0 Å². The van der Waals surface area contributed by atoms with Crippen molar-refractivity contribution in [3.8, 4) is 17.3 Å². The topological polar surface area (TPSA) is 125 Å². The van der Waals surface area contributed by atoms with Gasteiger partial charge < -0.3 is 10.8 Å². The molecule has 7 nitrogen and oxygen atoms in total. The SMILES string of the molecule is CN(N)c1ncc(-c2ccc3cc(C4(O)CC(C)(C#N)C4)sc3n2)cc1N. The van der Waals surface area contributed by atoms with E-state index in [1.165, 1.54) is 16.3 Å². The summed E-state index contributed by atoms with van der Waals surface area (Å²) in [5.41, 5.74) is 6.67. The second-order valence-electron chi connectivity index (χ2n) is 7.51. The highest BCUT2D eigenvalue weighted by Gasteiger charge is 2.53. The second-order valence-corrected chi connectivity index (χ2v) is 8.54. The Kier molecular flexibility index (Phi) is 3.85. The summed E-state index contributed by atoms with van der Waals surface area (Å²) in [7, 11) is 1.68. The fraction of sp³-hybridized carbons (Fsp3) is 0.316. The molecule has 1 saturated carbocycles. The van der Waals surface area contributed by atoms with E-state index in [1.54, 1.807) is 19.3 Å². The van der Waals surface area contributed by atoms with Crippen LogP contribution in [0.25, 0.3) is 21.5 Å². The molecule has 1 aliphatic carbocycles. The molecule has 27 heavy (non-hydrogen) atoms. The Hall–Kier alpha value is -2.73. The summed E-state index contributed by atoms with van der Waals surface area (Å²) < 4.78 is 0. The number of anilines is 2. The molecule has 4 rings (SSSR count). The molecule has 1 aliphatic rings. The fourth-order valence-electron chi connectivity index (χ4n) is 3.71. The molecule has 138 valence electrons. The largest absolute Gasteiger partial charge is 0.396 e. The standard InChI is InChI=1S/C19H20N6OS/c1-18(10-20)8-19(26,9-18)15-6-11-3-4-14(24-17(11)27-15)12-5-13(21)16(23-7-12)25(2)22/h3-7,26H,8-9,21-22H2,1-2H3. The highest BCUT2D eigenvalue weighted by molar-refractivity contribution is 7.18. The van der Waals surface area contributed by atoms with E-state index in [0.29, 0.717) is 24.3 Å². The van der Waals surface area contributed by atoms with Crippen LogP contribution in [0.2, 0.25) is 0 Å². The number of hydrogen-bond donors (Lipinski definition) is 3. The van der Waals surface area contributed by atoms with Crippen LogP contribution in [0.1, 0.15) is 24.6 Å². The molecule has 5 N–H and O–H groups in total. The van der Waals surface area contributed by atoms with Crippen LogP contribution < -0.4 is 16.6 Å². The molecule has 0 amide bonds. The molecule has 0 bridgehead atoms. The number of nitriles is 1. The molecular weight excluding hydrogens is 360 g/mol. The van der Waals surface area contributed by atoms with E-state index in [1.807, 2.05) is 25.1 Å². The van der Waals surface area contributed by atoms with Crippen LogP contribution in [0, 0.1) is 16.7 Å². The lowest BCUT2D eigenvalue weighted by Gasteiger charge is -2.46. The van der Waals surface area contributed by atoms with Crippen molar-refractivity contribution >= 4 is 33.1 Å². The summed E-state index contributed by atoms with van der Waals surface area (Å²) in [6, 6.07) is 9.93. The van der Waals surface area contributed by atoms with Gasteiger partial charge in [-0.2, -0.15) is 5.26 Å². The maximum Gasteiger partial charge on any atom is 0.165 e. The van der Waals surface area contributed by atoms with Crippen molar-refractivity contribution in [2.45, 2.75) is 25.4 Å². The molecule has 0 saturated heterocycles. The predicted octanol–water partition coefficient (Wildman–Crippen LogP) is 2.76. The van der Waals surface area contributed by atoms with Gasteiger partial charge in [0.15, 0.2) is 5.82 Å². The van der Waals surface area contributed by atoms with Crippen LogP contribution in [-0.4, -0.2) is 22.1 Å². The van der Waals surface area contributed by atoms with Crippen LogP contribution in [0.4, 0.5) is 11.5 Å². The van der Waals surface area contributed by atoms with Crippen molar-refractivity contribution in [3.05, 3.63) is 35.3 Å². The molecule has 3 aromatic rings. The predicted molar refractivity (Wildman–Crippen MR) is 107 cm³/mol. The number of rotatable bonds is 3. The first-order valence-electron chi connectivity index (χ1n) is 8.52. The maximum atomic E-state index is 10.8. The number of hydrazine groups is 1. The normalized spacial score (nSPS) is 24.4. The second kappa shape index (κ2) is 5.89. The average Bonchev–Trinajstić information content (AvgIpc) is 3.03. The number of aromatic nitrogens is 2. The van der Waals surface area contributed by atoms with E-state index in [0.717, 1.165) is 26.4 Å². The van der Waals surface area contributed by atoms with Gasteiger partial charge in [0.05, 0.1) is 22.9 Å². The van der Waals surface area contributed by atoms with E-state index in [-0.39, 0.29) is 0 Å². The van der Waals surface area contributed by atoms with E-state index < -0.39 is 11.0 Å². The van der Waals surface area contributed by atoms with Gasteiger partial charge in [0.2, 0.25) is 0 Å². The number of nitrogens with two attached hydrogens (primary N) is 2. The lowest BCUT2D eigenvalue weighted by Crippen LogP contribution is -2.46. The molecule has 3 aromatic heterocycles. The number of fused-ring (bicyclic) bond motifs is 1. The number of thiophene rings is 1. The number of nitrogen functional groups attached to an aromatic ring is 1. The van der Waals surface area contributed by atoms with Gasteiger partial charge in [0.1, 0.15) is 10.4 Å². The molecule has 1 fully saturated rings. The number of pyridine rings is 2. The number of hydrogen-bond acceptors (Lipinski definition) is 8. The Bertz CT molecular complexity index is 1080. The Morgan fingerprint density at radius 1 is 1.33 bits per heavy atom. The maximum absolute atomic E-state index is 10.8. The molecule has 0 radical (unpaired) electrons. The smallest absolute Gasteiger partial charge is 0.165 e. The first kappa shape index (κ1) is 17.7. The number of nitrogens with zero attached hydrogens (tertiary/aromatic N) is 4. The minimum absolute atomic E-state index is 0.449. The minimum atomic E-state index is -0.935. The third-order valence-electron chi connectivity index (χ3n) is 5.00. The average molecular weight is 380 g/mol. The molecule has 0 aromatic carbocycles. The first-order chi connectivity index (χ1) is 12.7. The Morgan fingerprint density at radius 3 is 2.70 bits per heavy atom. The van der Waals surface area contributed by atoms with Gasteiger partial charge >= 0.3 is 0 Å². The van der Waals surface area contributed by atoms with E-state index in [4.69, 9.17) is 16.6 Å². The van der Waals surface area contributed by atoms with Crippen molar-refractivity contribution in [1.29, 1.82) is 5.26 Å². The number of aliphatic hydroxyl groups is 1. The Balaban J connectivity index is 1.68. The summed E-state index contributed by atoms with van der Waals surface area (Å²) in [6.45, 7) is 1.88. The Labute approximate surface area is 160 Å². The first-order valence-corrected chi connectivity index (χ1v) is 9.34. The molecule has 0 aliphatic heterocycles. The lowest BCUT2D eigenvalue weighted by atomic mass is 9.60. The van der Waals surface area contributed by atoms with Crippen molar-refractivity contribution in [3.63, 3.8) is 0 Å². The summed E-state index contributed by atoms with van der Waals surface area (Å²) in [5.74, 6) is 6.21.